The molecule has 0 rings (SSSR count). The van der Waals surface area contributed by atoms with Gasteiger partial charge in [-0.2, -0.15) is 0 Å². The summed E-state index contributed by atoms with van der Waals surface area (Å²) in [5, 5.41) is 8.00. The quantitative estimate of drug-likeness (QED) is 0.474. The summed E-state index contributed by atoms with van der Waals surface area (Å²) in [5.41, 5.74) is 0. The second-order valence-corrected chi connectivity index (χ2v) is 0.801. The average Bonchev–Trinajstić information content (AvgIpc) is 1.41. The highest BCUT2D eigenvalue weighted by Crippen LogP contribution is 1.69. The van der Waals surface area contributed by atoms with Crippen molar-refractivity contribution < 1.29 is 5.11 Å². The first kappa shape index (κ1) is 4.70. The molecule has 0 saturated carbocycles. The van der Waals surface area contributed by atoms with Crippen LogP contribution in [0.1, 0.15) is 6.42 Å². The second kappa shape index (κ2) is 3.70. The van der Waals surface area contributed by atoms with Gasteiger partial charge in [0.05, 0.1) is 0 Å². The summed E-state index contributed by atoms with van der Waals surface area (Å²) in [6.07, 6.45) is 2.39. The standard InChI is InChI=1S/C4H8O/c1-2-3-4-5/h2,5H,1,3-4H2/i4+2. The van der Waals surface area contributed by atoms with E-state index in [1.54, 1.807) is 6.08 Å². The Kier molecular flexibility index (Phi) is 3.48. The predicted octanol–water partition coefficient (Wildman–Crippen LogP) is 0.555. The van der Waals surface area contributed by atoms with Gasteiger partial charge in [-0.25, -0.2) is 0 Å². The Bertz CT molecular complexity index is 24.8. The van der Waals surface area contributed by atoms with Crippen molar-refractivity contribution in [1.82, 2.24) is 0 Å². The van der Waals surface area contributed by atoms with E-state index >= 15 is 0 Å². The van der Waals surface area contributed by atoms with Crippen molar-refractivity contribution in [3.63, 3.8) is 0 Å². The fraction of sp³-hybridized carbons (Fsp3) is 0.500. The molecular formula is C4H8O. The fourth-order valence-corrected chi connectivity index (χ4v) is 0.0913. The summed E-state index contributed by atoms with van der Waals surface area (Å²) in [4.78, 5) is 0. The lowest BCUT2D eigenvalue weighted by Crippen LogP contribution is -1.71. The van der Waals surface area contributed by atoms with Crippen molar-refractivity contribution >= 4 is 0 Å². The Labute approximate surface area is 31.9 Å². The Morgan fingerprint density at radius 3 is 2.60 bits per heavy atom. The van der Waals surface area contributed by atoms with Gasteiger partial charge in [0.1, 0.15) is 0 Å². The Balaban J connectivity index is 2.40. The number of aliphatic hydroxyl groups is 1. The largest absolute Gasteiger partial charge is 0.396 e. The van der Waals surface area contributed by atoms with Crippen molar-refractivity contribution in [3.05, 3.63) is 12.7 Å². The molecule has 0 radical (unpaired) electrons. The second-order valence-electron chi connectivity index (χ2n) is 0.801. The van der Waals surface area contributed by atoms with E-state index in [2.05, 4.69) is 6.58 Å². The highest BCUT2D eigenvalue weighted by atomic mass is 16.5. The average molecular weight is 74.1 g/mol. The van der Waals surface area contributed by atoms with E-state index in [9.17, 15) is 0 Å². The fourth-order valence-electron chi connectivity index (χ4n) is 0.0913. The van der Waals surface area contributed by atoms with Gasteiger partial charge in [0, 0.05) is 6.61 Å². The summed E-state index contributed by atoms with van der Waals surface area (Å²) >= 11 is 0. The molecule has 0 heterocycles. The molecule has 0 aliphatic rings. The molecule has 5 heavy (non-hydrogen) atoms. The molecule has 30 valence electrons. The predicted molar refractivity (Wildman–Crippen MR) is 21.9 cm³/mol. The van der Waals surface area contributed by atoms with Crippen molar-refractivity contribution in [2.75, 3.05) is 6.61 Å². The van der Waals surface area contributed by atoms with Crippen LogP contribution in [0.3, 0.4) is 0 Å². The maximum Gasteiger partial charge on any atom is 0.0465 e. The van der Waals surface area contributed by atoms with E-state index in [-0.39, 0.29) is 6.61 Å². The first-order valence-electron chi connectivity index (χ1n) is 1.63. The molecule has 0 unspecified atom stereocenters. The molecule has 1 N–H and O–H groups in total. The minimum Gasteiger partial charge on any atom is -0.396 e. The van der Waals surface area contributed by atoms with Gasteiger partial charge < -0.3 is 5.11 Å². The zero-order valence-corrected chi connectivity index (χ0v) is 3.15. The number of hydrogen-bond donors (Lipinski definition) is 1. The molecule has 1 heteroatoms. The SMILES string of the molecule is C=CC[14CH2]O. The van der Waals surface area contributed by atoms with Crippen LogP contribution in [0.4, 0.5) is 0 Å². The van der Waals surface area contributed by atoms with Gasteiger partial charge >= 0.3 is 0 Å². The van der Waals surface area contributed by atoms with Crippen LogP contribution in [0.2, 0.25) is 0 Å². The van der Waals surface area contributed by atoms with Gasteiger partial charge in [-0.3, -0.25) is 0 Å². The summed E-state index contributed by atoms with van der Waals surface area (Å²) in [7, 11) is 0. The first-order chi connectivity index (χ1) is 2.41. The maximum atomic E-state index is 8.00. The maximum absolute atomic E-state index is 8.00. The minimum atomic E-state index is 0.226. The summed E-state index contributed by atoms with van der Waals surface area (Å²) < 4.78 is 0. The molecule has 0 bridgehead atoms. The molecule has 0 spiro atoms. The lowest BCUT2D eigenvalue weighted by Gasteiger charge is -1.73. The van der Waals surface area contributed by atoms with Crippen LogP contribution in [-0.2, 0) is 0 Å². The summed E-state index contributed by atoms with van der Waals surface area (Å²) in [6.45, 7) is 3.62. The van der Waals surface area contributed by atoms with E-state index in [0.717, 1.165) is 0 Å². The van der Waals surface area contributed by atoms with Gasteiger partial charge in [-0.15, -0.1) is 6.58 Å². The van der Waals surface area contributed by atoms with Gasteiger partial charge in [-0.05, 0) is 6.42 Å². The highest BCUT2D eigenvalue weighted by Gasteiger charge is 1.62. The summed E-state index contributed by atoms with van der Waals surface area (Å²) in [6, 6.07) is 0. The molecule has 0 fully saturated rings. The van der Waals surface area contributed by atoms with E-state index in [0.29, 0.717) is 6.42 Å². The van der Waals surface area contributed by atoms with Crippen molar-refractivity contribution in [2.45, 2.75) is 6.42 Å². The van der Waals surface area contributed by atoms with E-state index < -0.39 is 0 Å². The molecule has 1 nitrogen and oxygen atoms in total. The number of rotatable bonds is 2. The molecule has 0 aromatic rings. The van der Waals surface area contributed by atoms with Gasteiger partial charge in [0.15, 0.2) is 0 Å². The van der Waals surface area contributed by atoms with Crippen LogP contribution in [0.15, 0.2) is 12.7 Å². The topological polar surface area (TPSA) is 20.2 Å². The van der Waals surface area contributed by atoms with Crippen LogP contribution in [0, 0.1) is 0 Å². The van der Waals surface area contributed by atoms with Crippen LogP contribution < -0.4 is 0 Å². The van der Waals surface area contributed by atoms with Gasteiger partial charge in [0.2, 0.25) is 0 Å². The van der Waals surface area contributed by atoms with E-state index in [1.165, 1.54) is 0 Å². The Morgan fingerprint density at radius 2 is 2.60 bits per heavy atom. The minimum absolute atomic E-state index is 0.226. The zero-order chi connectivity index (χ0) is 4.12. The summed E-state index contributed by atoms with van der Waals surface area (Å²) in [5.74, 6) is 0. The third-order valence-electron chi connectivity index (χ3n) is 0.333. The molecule has 0 aromatic carbocycles. The number of aliphatic hydroxyl groups excluding tert-OH is 1. The molecule has 0 aliphatic heterocycles. The van der Waals surface area contributed by atoms with Gasteiger partial charge in [-0.1, -0.05) is 6.08 Å². The first-order valence-corrected chi connectivity index (χ1v) is 1.63. The van der Waals surface area contributed by atoms with Crippen LogP contribution in [0.25, 0.3) is 0 Å². The molecule has 0 atom stereocenters. The van der Waals surface area contributed by atoms with Crippen LogP contribution >= 0.6 is 0 Å². The van der Waals surface area contributed by atoms with Crippen molar-refractivity contribution in [3.8, 4) is 0 Å². The molecule has 0 aromatic heterocycles. The van der Waals surface area contributed by atoms with Gasteiger partial charge in [0.25, 0.3) is 0 Å². The molecule has 0 saturated heterocycles. The third kappa shape index (κ3) is 3.70. The normalized spacial score (nSPS) is 7.40. The van der Waals surface area contributed by atoms with E-state index in [1.807, 2.05) is 0 Å². The Morgan fingerprint density at radius 1 is 2.00 bits per heavy atom. The van der Waals surface area contributed by atoms with Crippen molar-refractivity contribution in [1.29, 1.82) is 0 Å². The van der Waals surface area contributed by atoms with Crippen molar-refractivity contribution in [2.24, 2.45) is 0 Å². The Hall–Kier alpha value is -0.300. The van der Waals surface area contributed by atoms with E-state index in [4.69, 9.17) is 5.11 Å². The van der Waals surface area contributed by atoms with Crippen LogP contribution in [-0.4, -0.2) is 11.7 Å². The highest BCUT2D eigenvalue weighted by molar-refractivity contribution is 4.63. The molecular weight excluding hydrogens is 66.0 g/mol. The third-order valence-corrected chi connectivity index (χ3v) is 0.333. The van der Waals surface area contributed by atoms with Crippen LogP contribution in [0.5, 0.6) is 0 Å². The zero-order valence-electron chi connectivity index (χ0n) is 3.15. The monoisotopic (exact) mass is 74.1 g/mol. The number of hydrogen-bond acceptors (Lipinski definition) is 1. The molecule has 0 amide bonds. The smallest absolute Gasteiger partial charge is 0.0465 e. The lowest BCUT2D eigenvalue weighted by atomic mass is 10.7. The lowest BCUT2D eigenvalue weighted by molar-refractivity contribution is 0.303. The molecule has 0 aliphatic carbocycles.